The van der Waals surface area contributed by atoms with E-state index in [1.165, 1.54) is 12.3 Å². The zero-order chi connectivity index (χ0) is 15.6. The van der Waals surface area contributed by atoms with E-state index in [1.807, 2.05) is 0 Å². The zero-order valence-electron chi connectivity index (χ0n) is 10.9. The van der Waals surface area contributed by atoms with E-state index >= 15 is 0 Å². The lowest BCUT2D eigenvalue weighted by Crippen LogP contribution is -2.07. The lowest BCUT2D eigenvalue weighted by molar-refractivity contribution is -0.141. The van der Waals surface area contributed by atoms with Crippen LogP contribution < -0.4 is 0 Å². The summed E-state index contributed by atoms with van der Waals surface area (Å²) in [5.74, 6) is -1.14. The first-order valence-electron chi connectivity index (χ1n) is 5.92. The van der Waals surface area contributed by atoms with Gasteiger partial charge in [0.1, 0.15) is 0 Å². The van der Waals surface area contributed by atoms with E-state index in [2.05, 4.69) is 5.10 Å². The molecule has 0 atom stereocenters. The molecule has 1 heterocycles. The fraction of sp³-hybridized carbons (Fsp3) is 0.143. The highest BCUT2D eigenvalue weighted by Gasteiger charge is 2.33. The van der Waals surface area contributed by atoms with Crippen molar-refractivity contribution >= 4 is 12.0 Å². The molecule has 0 fully saturated rings. The number of alkyl halides is 3. The number of aryl methyl sites for hydroxylation is 1. The Morgan fingerprint density at radius 2 is 2.05 bits per heavy atom. The van der Waals surface area contributed by atoms with Crippen LogP contribution in [0.3, 0.4) is 0 Å². The smallest absolute Gasteiger partial charge is 0.435 e. The quantitative estimate of drug-likeness (QED) is 0.884. The van der Waals surface area contributed by atoms with Gasteiger partial charge in [0.05, 0.1) is 5.69 Å². The average Bonchev–Trinajstić information content (AvgIpc) is 2.85. The number of rotatable bonds is 3. The van der Waals surface area contributed by atoms with Gasteiger partial charge in [-0.3, -0.25) is 0 Å². The summed E-state index contributed by atoms with van der Waals surface area (Å²) in [6, 6.07) is 5.83. The molecule has 0 unspecified atom stereocenters. The van der Waals surface area contributed by atoms with Gasteiger partial charge in [0.2, 0.25) is 0 Å². The van der Waals surface area contributed by atoms with Crippen molar-refractivity contribution in [1.29, 1.82) is 0 Å². The highest BCUT2D eigenvalue weighted by molar-refractivity contribution is 5.86. The molecule has 0 spiro atoms. The van der Waals surface area contributed by atoms with Crippen molar-refractivity contribution in [2.45, 2.75) is 13.1 Å². The first-order chi connectivity index (χ1) is 9.77. The van der Waals surface area contributed by atoms with Gasteiger partial charge in [-0.1, -0.05) is 11.6 Å². The molecule has 21 heavy (non-hydrogen) atoms. The lowest BCUT2D eigenvalue weighted by atomic mass is 10.1. The Kier molecular flexibility index (Phi) is 3.84. The van der Waals surface area contributed by atoms with Crippen molar-refractivity contribution in [2.24, 2.45) is 0 Å². The molecule has 0 saturated carbocycles. The number of nitrogens with zero attached hydrogens (tertiary/aromatic N) is 2. The first-order valence-corrected chi connectivity index (χ1v) is 5.92. The second-order valence-corrected chi connectivity index (χ2v) is 4.38. The van der Waals surface area contributed by atoms with Crippen LogP contribution >= 0.6 is 0 Å². The lowest BCUT2D eigenvalue weighted by Gasteiger charge is -2.08. The van der Waals surface area contributed by atoms with Gasteiger partial charge >= 0.3 is 12.1 Å². The molecule has 4 nitrogen and oxygen atoms in total. The van der Waals surface area contributed by atoms with Crippen molar-refractivity contribution in [3.05, 3.63) is 53.4 Å². The summed E-state index contributed by atoms with van der Waals surface area (Å²) in [6.07, 6.45) is -1.09. The molecule has 1 N–H and O–H groups in total. The highest BCUT2D eigenvalue weighted by Crippen LogP contribution is 2.28. The van der Waals surface area contributed by atoms with E-state index in [4.69, 9.17) is 5.11 Å². The Balaban J connectivity index is 2.48. The number of carboxylic acid groups (broad SMARTS) is 1. The minimum absolute atomic E-state index is 0.369. The van der Waals surface area contributed by atoms with Crippen LogP contribution in [0.4, 0.5) is 13.2 Å². The summed E-state index contributed by atoms with van der Waals surface area (Å²) in [4.78, 5) is 10.6. The molecule has 0 amide bonds. The monoisotopic (exact) mass is 296 g/mol. The largest absolute Gasteiger partial charge is 0.478 e. The zero-order valence-corrected chi connectivity index (χ0v) is 10.9. The molecule has 2 aromatic rings. The number of carbonyl (C=O) groups is 1. The predicted molar refractivity (Wildman–Crippen MR) is 70.0 cm³/mol. The maximum atomic E-state index is 12.6. The van der Waals surface area contributed by atoms with Crippen molar-refractivity contribution in [3.63, 3.8) is 0 Å². The number of hydrogen-bond donors (Lipinski definition) is 1. The van der Waals surface area contributed by atoms with E-state index in [0.717, 1.165) is 22.4 Å². The third-order valence-corrected chi connectivity index (χ3v) is 2.71. The van der Waals surface area contributed by atoms with E-state index in [-0.39, 0.29) is 0 Å². The van der Waals surface area contributed by atoms with Crippen molar-refractivity contribution in [3.8, 4) is 5.69 Å². The summed E-state index contributed by atoms with van der Waals surface area (Å²) < 4.78 is 38.8. The fourth-order valence-corrected chi connectivity index (χ4v) is 1.79. The number of hydrogen-bond acceptors (Lipinski definition) is 2. The SMILES string of the molecule is Cc1ccc(-n2ccc(C(F)(F)F)n2)c(/C=C/C(=O)O)c1. The van der Waals surface area contributed by atoms with Gasteiger partial charge in [-0.05, 0) is 31.2 Å². The molecule has 110 valence electrons. The standard InChI is InChI=1S/C14H11F3N2O2/c1-9-2-4-11(10(8-9)3-5-13(20)21)19-7-6-12(18-19)14(15,16)17/h2-8H,1H3,(H,20,21)/b5-3+. The third-order valence-electron chi connectivity index (χ3n) is 2.71. The number of halogens is 3. The van der Waals surface area contributed by atoms with Gasteiger partial charge in [0.25, 0.3) is 0 Å². The van der Waals surface area contributed by atoms with Crippen molar-refractivity contribution in [1.82, 2.24) is 9.78 Å². The minimum Gasteiger partial charge on any atom is -0.478 e. The Hall–Kier alpha value is -2.57. The number of aromatic nitrogens is 2. The van der Waals surface area contributed by atoms with E-state index in [1.54, 1.807) is 25.1 Å². The maximum Gasteiger partial charge on any atom is 0.435 e. The molecule has 0 aliphatic carbocycles. The maximum absolute atomic E-state index is 12.6. The second-order valence-electron chi connectivity index (χ2n) is 4.38. The molecular weight excluding hydrogens is 285 g/mol. The van der Waals surface area contributed by atoms with Crippen molar-refractivity contribution in [2.75, 3.05) is 0 Å². The number of benzene rings is 1. The summed E-state index contributed by atoms with van der Waals surface area (Å²) in [7, 11) is 0. The number of carboxylic acids is 1. The van der Waals surface area contributed by atoms with E-state index < -0.39 is 17.8 Å². The Morgan fingerprint density at radius 1 is 1.33 bits per heavy atom. The van der Waals surface area contributed by atoms with Crippen LogP contribution in [0, 0.1) is 6.92 Å². The summed E-state index contributed by atoms with van der Waals surface area (Å²) in [6.45, 7) is 1.80. The fourth-order valence-electron chi connectivity index (χ4n) is 1.79. The van der Waals surface area contributed by atoms with Gasteiger partial charge in [0.15, 0.2) is 5.69 Å². The molecular formula is C14H11F3N2O2. The third kappa shape index (κ3) is 3.50. The molecule has 2 rings (SSSR count). The molecule has 1 aromatic heterocycles. The molecule has 0 saturated heterocycles. The summed E-state index contributed by atoms with van der Waals surface area (Å²) in [5.41, 5.74) is 0.686. The second kappa shape index (κ2) is 5.43. The van der Waals surface area contributed by atoms with Crippen molar-refractivity contribution < 1.29 is 23.1 Å². The number of aliphatic carboxylic acids is 1. The van der Waals surface area contributed by atoms with Crippen LogP contribution in [0.15, 0.2) is 36.5 Å². The van der Waals surface area contributed by atoms with Gasteiger partial charge in [-0.2, -0.15) is 18.3 Å². The van der Waals surface area contributed by atoms with Crippen LogP contribution in [0.5, 0.6) is 0 Å². The van der Waals surface area contributed by atoms with Crippen LogP contribution in [0.1, 0.15) is 16.8 Å². The Morgan fingerprint density at radius 3 is 2.62 bits per heavy atom. The summed E-state index contributed by atoms with van der Waals surface area (Å²) in [5, 5.41) is 12.1. The summed E-state index contributed by atoms with van der Waals surface area (Å²) >= 11 is 0. The first kappa shape index (κ1) is 14.8. The minimum atomic E-state index is -4.52. The van der Waals surface area contributed by atoms with Crippen LogP contribution in [-0.2, 0) is 11.0 Å². The normalized spacial score (nSPS) is 12.0. The van der Waals surface area contributed by atoms with Crippen LogP contribution in [0.2, 0.25) is 0 Å². The van der Waals surface area contributed by atoms with Gasteiger partial charge < -0.3 is 5.11 Å². The molecule has 0 aliphatic rings. The molecule has 0 radical (unpaired) electrons. The molecule has 0 bridgehead atoms. The Bertz CT molecular complexity index is 702. The van der Waals surface area contributed by atoms with Gasteiger partial charge in [-0.25, -0.2) is 9.48 Å². The molecule has 7 heteroatoms. The van der Waals surface area contributed by atoms with E-state index in [0.29, 0.717) is 11.3 Å². The predicted octanol–water partition coefficient (Wildman–Crippen LogP) is 3.30. The average molecular weight is 296 g/mol. The van der Waals surface area contributed by atoms with Gasteiger partial charge in [-0.15, -0.1) is 0 Å². The van der Waals surface area contributed by atoms with Crippen LogP contribution in [0.25, 0.3) is 11.8 Å². The molecule has 0 aliphatic heterocycles. The van der Waals surface area contributed by atoms with E-state index in [9.17, 15) is 18.0 Å². The topological polar surface area (TPSA) is 55.1 Å². The van der Waals surface area contributed by atoms with Crippen LogP contribution in [-0.4, -0.2) is 20.9 Å². The molecule has 1 aromatic carbocycles. The Labute approximate surface area is 118 Å². The highest BCUT2D eigenvalue weighted by atomic mass is 19.4. The van der Waals surface area contributed by atoms with Gasteiger partial charge in [0, 0.05) is 17.8 Å².